The Morgan fingerprint density at radius 3 is 2.77 bits per heavy atom. The second-order valence-electron chi connectivity index (χ2n) is 5.94. The monoisotopic (exact) mass is 373 g/mol. The molecule has 0 bridgehead atoms. The summed E-state index contributed by atoms with van der Waals surface area (Å²) < 4.78 is 10.8. The summed E-state index contributed by atoms with van der Waals surface area (Å²) in [4.78, 5) is 15.2. The van der Waals surface area contributed by atoms with Gasteiger partial charge in [-0.25, -0.2) is 4.99 Å². The first-order chi connectivity index (χ1) is 12.5. The van der Waals surface area contributed by atoms with Gasteiger partial charge in [-0.3, -0.25) is 10.1 Å². The number of nitro groups is 1. The van der Waals surface area contributed by atoms with E-state index in [1.807, 2.05) is 32.0 Å². The van der Waals surface area contributed by atoms with Crippen LogP contribution in [-0.2, 0) is 17.1 Å². The number of thioether (sulfide) groups is 1. The fraction of sp³-hybridized carbons (Fsp3) is 0.278. The highest BCUT2D eigenvalue weighted by molar-refractivity contribution is 8.13. The molecule has 0 amide bonds. The quantitative estimate of drug-likeness (QED) is 0.377. The van der Waals surface area contributed by atoms with E-state index in [9.17, 15) is 10.1 Å². The maximum Gasteiger partial charge on any atom is 0.270 e. The number of hydrogen-bond acceptors (Lipinski definition) is 6. The Balaban J connectivity index is 1.84. The maximum atomic E-state index is 11.2. The highest BCUT2D eigenvalue weighted by Crippen LogP contribution is 2.35. The van der Waals surface area contributed by atoms with Crippen molar-refractivity contribution in [1.82, 2.24) is 0 Å². The standard InChI is InChI=1S/C18H19N3O4S/c1-11-4-3-5-12(2)16(11)20-18(19)26-9-14-7-15(21(22)23)6-13-8-24-10-25-17(13)14/h3-7H,8-10H2,1-2H3,(H2,19,20). The maximum absolute atomic E-state index is 11.2. The number of aliphatic imine (C=N–C) groups is 1. The number of para-hydroxylation sites is 1. The summed E-state index contributed by atoms with van der Waals surface area (Å²) in [5.74, 6) is 1.05. The Morgan fingerprint density at radius 2 is 2.08 bits per heavy atom. The Kier molecular flexibility index (Phi) is 5.43. The summed E-state index contributed by atoms with van der Waals surface area (Å²) in [5, 5.41) is 11.6. The average Bonchev–Trinajstić information content (AvgIpc) is 2.62. The zero-order valence-electron chi connectivity index (χ0n) is 14.5. The van der Waals surface area contributed by atoms with Crippen LogP contribution in [0.2, 0.25) is 0 Å². The SMILES string of the molecule is Cc1cccc(C)c1N=C(N)SCc1cc([N+](=O)[O-])cc2c1OCOC2. The van der Waals surface area contributed by atoms with Crippen molar-refractivity contribution in [1.29, 1.82) is 0 Å². The van der Waals surface area contributed by atoms with Crippen LogP contribution in [0.15, 0.2) is 35.3 Å². The summed E-state index contributed by atoms with van der Waals surface area (Å²) in [6.45, 7) is 4.39. The van der Waals surface area contributed by atoms with Gasteiger partial charge in [0.05, 0.1) is 17.2 Å². The molecule has 7 nitrogen and oxygen atoms in total. The highest BCUT2D eigenvalue weighted by Gasteiger charge is 2.21. The molecule has 0 fully saturated rings. The number of nitrogens with zero attached hydrogens (tertiary/aromatic N) is 2. The van der Waals surface area contributed by atoms with E-state index >= 15 is 0 Å². The summed E-state index contributed by atoms with van der Waals surface area (Å²) >= 11 is 1.32. The van der Waals surface area contributed by atoms with Gasteiger partial charge in [-0.05, 0) is 25.0 Å². The molecular weight excluding hydrogens is 354 g/mol. The van der Waals surface area contributed by atoms with Crippen molar-refractivity contribution in [3.8, 4) is 5.75 Å². The van der Waals surface area contributed by atoms with Crippen LogP contribution in [0.25, 0.3) is 0 Å². The number of benzene rings is 2. The molecule has 136 valence electrons. The zero-order valence-corrected chi connectivity index (χ0v) is 15.3. The molecule has 0 atom stereocenters. The summed E-state index contributed by atoms with van der Waals surface area (Å²) in [7, 11) is 0. The fourth-order valence-electron chi connectivity index (χ4n) is 2.77. The van der Waals surface area contributed by atoms with Gasteiger partial charge in [-0.2, -0.15) is 0 Å². The Labute approximate surface area is 155 Å². The Morgan fingerprint density at radius 1 is 1.35 bits per heavy atom. The second-order valence-corrected chi connectivity index (χ2v) is 6.94. The molecule has 26 heavy (non-hydrogen) atoms. The van der Waals surface area contributed by atoms with Gasteiger partial charge in [0.25, 0.3) is 5.69 Å². The molecule has 0 radical (unpaired) electrons. The average molecular weight is 373 g/mol. The molecule has 1 aliphatic heterocycles. The normalized spacial score (nSPS) is 13.8. The van der Waals surface area contributed by atoms with Crippen molar-refractivity contribution >= 4 is 28.3 Å². The number of hydrogen-bond donors (Lipinski definition) is 1. The summed E-state index contributed by atoms with van der Waals surface area (Å²) in [6.07, 6.45) is 0. The lowest BCUT2D eigenvalue weighted by atomic mass is 10.1. The molecule has 0 aliphatic carbocycles. The molecule has 2 aromatic carbocycles. The van der Waals surface area contributed by atoms with Gasteiger partial charge >= 0.3 is 0 Å². The predicted molar refractivity (Wildman–Crippen MR) is 102 cm³/mol. The van der Waals surface area contributed by atoms with Crippen molar-refractivity contribution in [2.75, 3.05) is 6.79 Å². The molecule has 3 rings (SSSR count). The van der Waals surface area contributed by atoms with E-state index in [0.717, 1.165) is 16.8 Å². The first kappa shape index (κ1) is 18.2. The van der Waals surface area contributed by atoms with Gasteiger partial charge in [-0.15, -0.1) is 0 Å². The number of aryl methyl sites for hydroxylation is 2. The van der Waals surface area contributed by atoms with Crippen molar-refractivity contribution < 1.29 is 14.4 Å². The Bertz CT molecular complexity index is 863. The van der Waals surface area contributed by atoms with Crippen LogP contribution in [0.4, 0.5) is 11.4 Å². The number of nitro benzene ring substituents is 1. The molecule has 0 unspecified atom stereocenters. The molecule has 0 spiro atoms. The first-order valence-corrected chi connectivity index (χ1v) is 8.98. The molecule has 1 aliphatic rings. The molecule has 0 saturated carbocycles. The molecular formula is C18H19N3O4S. The largest absolute Gasteiger partial charge is 0.467 e. The molecule has 0 saturated heterocycles. The first-order valence-electron chi connectivity index (χ1n) is 7.99. The van der Waals surface area contributed by atoms with Crippen molar-refractivity contribution in [2.45, 2.75) is 26.2 Å². The summed E-state index contributed by atoms with van der Waals surface area (Å²) in [5.41, 5.74) is 10.4. The lowest BCUT2D eigenvalue weighted by Gasteiger charge is -2.20. The molecule has 1 heterocycles. The number of fused-ring (bicyclic) bond motifs is 1. The van der Waals surface area contributed by atoms with Crippen LogP contribution in [0.1, 0.15) is 22.3 Å². The number of rotatable bonds is 4. The van der Waals surface area contributed by atoms with E-state index in [4.69, 9.17) is 15.2 Å². The second kappa shape index (κ2) is 7.76. The number of ether oxygens (including phenoxy) is 2. The van der Waals surface area contributed by atoms with E-state index in [-0.39, 0.29) is 12.5 Å². The van der Waals surface area contributed by atoms with Gasteiger partial charge in [0.15, 0.2) is 12.0 Å². The van der Waals surface area contributed by atoms with E-state index in [0.29, 0.717) is 34.4 Å². The highest BCUT2D eigenvalue weighted by atomic mass is 32.2. The third-order valence-corrected chi connectivity index (χ3v) is 4.86. The van der Waals surface area contributed by atoms with Gasteiger partial charge < -0.3 is 15.2 Å². The van der Waals surface area contributed by atoms with E-state index in [2.05, 4.69) is 4.99 Å². The van der Waals surface area contributed by atoms with Crippen LogP contribution >= 0.6 is 11.8 Å². The van der Waals surface area contributed by atoms with Gasteiger partial charge in [0.2, 0.25) is 0 Å². The van der Waals surface area contributed by atoms with Crippen LogP contribution < -0.4 is 10.5 Å². The lowest BCUT2D eigenvalue weighted by molar-refractivity contribution is -0.385. The van der Waals surface area contributed by atoms with Crippen molar-refractivity contribution in [3.05, 3.63) is 62.7 Å². The van der Waals surface area contributed by atoms with Crippen LogP contribution in [0.5, 0.6) is 5.75 Å². The van der Waals surface area contributed by atoms with Crippen LogP contribution in [0.3, 0.4) is 0 Å². The minimum atomic E-state index is -0.419. The molecule has 0 aromatic heterocycles. The third kappa shape index (κ3) is 3.97. The smallest absolute Gasteiger partial charge is 0.270 e. The van der Waals surface area contributed by atoms with Crippen molar-refractivity contribution in [2.24, 2.45) is 10.7 Å². The van der Waals surface area contributed by atoms with Crippen LogP contribution in [0, 0.1) is 24.0 Å². The van der Waals surface area contributed by atoms with Crippen molar-refractivity contribution in [3.63, 3.8) is 0 Å². The van der Waals surface area contributed by atoms with Gasteiger partial charge in [-0.1, -0.05) is 30.0 Å². The molecule has 8 heteroatoms. The minimum Gasteiger partial charge on any atom is -0.467 e. The third-order valence-electron chi connectivity index (χ3n) is 4.02. The Hall–Kier alpha value is -2.58. The zero-order chi connectivity index (χ0) is 18.7. The van der Waals surface area contributed by atoms with E-state index in [1.165, 1.54) is 23.9 Å². The minimum absolute atomic E-state index is 0.0127. The molecule has 2 N–H and O–H groups in total. The number of non-ortho nitro benzene ring substituents is 1. The van der Waals surface area contributed by atoms with Gasteiger partial charge in [0, 0.05) is 29.0 Å². The number of amidine groups is 1. The lowest BCUT2D eigenvalue weighted by Crippen LogP contribution is -2.14. The number of nitrogens with two attached hydrogens (primary N) is 1. The fourth-order valence-corrected chi connectivity index (χ4v) is 3.44. The van der Waals surface area contributed by atoms with E-state index < -0.39 is 4.92 Å². The predicted octanol–water partition coefficient (Wildman–Crippen LogP) is 3.96. The summed E-state index contributed by atoms with van der Waals surface area (Å²) in [6, 6.07) is 8.94. The van der Waals surface area contributed by atoms with Crippen LogP contribution in [-0.4, -0.2) is 16.9 Å². The van der Waals surface area contributed by atoms with Gasteiger partial charge in [0.1, 0.15) is 5.75 Å². The topological polar surface area (TPSA) is 100.0 Å². The van der Waals surface area contributed by atoms with E-state index in [1.54, 1.807) is 0 Å². The molecule has 2 aromatic rings.